The van der Waals surface area contributed by atoms with Crippen molar-refractivity contribution in [2.45, 2.75) is 6.42 Å². The van der Waals surface area contributed by atoms with Crippen molar-refractivity contribution in [3.63, 3.8) is 0 Å². The highest BCUT2D eigenvalue weighted by molar-refractivity contribution is 5.71. The van der Waals surface area contributed by atoms with Crippen LogP contribution >= 0.6 is 0 Å². The van der Waals surface area contributed by atoms with Gasteiger partial charge in [-0.05, 0) is 29.8 Å². The first-order chi connectivity index (χ1) is 12.8. The van der Waals surface area contributed by atoms with Crippen molar-refractivity contribution in [2.75, 3.05) is 7.11 Å². The molecule has 4 rings (SSSR count). The van der Waals surface area contributed by atoms with E-state index in [1.54, 1.807) is 7.11 Å². The maximum Gasteiger partial charge on any atom is 0.226 e. The highest BCUT2D eigenvalue weighted by atomic mass is 16.5. The molecule has 0 atom stereocenters. The molecule has 0 spiro atoms. The van der Waals surface area contributed by atoms with E-state index in [9.17, 15) is 0 Å². The Kier molecular flexibility index (Phi) is 4.52. The first-order valence-electron chi connectivity index (χ1n) is 8.57. The smallest absolute Gasteiger partial charge is 0.226 e. The minimum Gasteiger partial charge on any atom is -0.496 e. The van der Waals surface area contributed by atoms with Gasteiger partial charge in [0.2, 0.25) is 5.89 Å². The topological polar surface area (TPSA) is 35.3 Å². The van der Waals surface area contributed by atoms with Crippen LogP contribution in [-0.2, 0) is 6.42 Å². The molecule has 4 aromatic rings. The number of aromatic nitrogens is 1. The second-order valence-corrected chi connectivity index (χ2v) is 6.02. The van der Waals surface area contributed by atoms with Crippen LogP contribution in [0, 0.1) is 0 Å². The number of oxazole rings is 1. The summed E-state index contributed by atoms with van der Waals surface area (Å²) in [4.78, 5) is 4.81. The Morgan fingerprint density at radius 2 is 1.46 bits per heavy atom. The molecule has 3 heteroatoms. The number of hydrogen-bond donors (Lipinski definition) is 0. The molecule has 0 amide bonds. The fourth-order valence-corrected chi connectivity index (χ4v) is 3.01. The Hall–Kier alpha value is -3.33. The zero-order chi connectivity index (χ0) is 17.8. The van der Waals surface area contributed by atoms with E-state index < -0.39 is 0 Å². The average Bonchev–Trinajstić information content (AvgIpc) is 3.13. The summed E-state index contributed by atoms with van der Waals surface area (Å²) in [5.74, 6) is 2.24. The zero-order valence-electron chi connectivity index (χ0n) is 14.6. The normalized spacial score (nSPS) is 10.7. The van der Waals surface area contributed by atoms with Gasteiger partial charge < -0.3 is 9.15 Å². The summed E-state index contributed by atoms with van der Waals surface area (Å²) < 4.78 is 11.7. The lowest BCUT2D eigenvalue weighted by Gasteiger charge is -2.07. The molecule has 0 saturated heterocycles. The minimum atomic E-state index is 0.623. The number of methoxy groups -OCH3 is 1. The summed E-state index contributed by atoms with van der Waals surface area (Å²) >= 11 is 0. The van der Waals surface area contributed by atoms with Crippen molar-refractivity contribution in [1.29, 1.82) is 0 Å². The second-order valence-electron chi connectivity index (χ2n) is 6.02. The molecule has 3 nitrogen and oxygen atoms in total. The molecule has 0 saturated carbocycles. The lowest BCUT2D eigenvalue weighted by atomic mass is 10.0. The number of nitrogens with zero attached hydrogens (tertiary/aromatic N) is 1. The molecule has 0 radical (unpaired) electrons. The molecule has 1 heterocycles. The van der Waals surface area contributed by atoms with Gasteiger partial charge >= 0.3 is 0 Å². The van der Waals surface area contributed by atoms with Gasteiger partial charge in [0, 0.05) is 17.5 Å². The van der Waals surface area contributed by atoms with E-state index in [-0.39, 0.29) is 0 Å². The summed E-state index contributed by atoms with van der Waals surface area (Å²) in [6, 6.07) is 28.1. The fraction of sp³-hybridized carbons (Fsp3) is 0.0870. The molecule has 0 N–H and O–H groups in total. The summed E-state index contributed by atoms with van der Waals surface area (Å²) in [5, 5.41) is 0. The Morgan fingerprint density at radius 3 is 2.19 bits per heavy atom. The lowest BCUT2D eigenvalue weighted by molar-refractivity contribution is 0.416. The molecular weight excluding hydrogens is 322 g/mol. The third-order valence-electron chi connectivity index (χ3n) is 4.29. The van der Waals surface area contributed by atoms with Gasteiger partial charge in [-0.25, -0.2) is 4.98 Å². The van der Waals surface area contributed by atoms with Crippen LogP contribution in [0.25, 0.3) is 22.7 Å². The highest BCUT2D eigenvalue weighted by Crippen LogP contribution is 2.35. The van der Waals surface area contributed by atoms with Gasteiger partial charge in [-0.15, -0.1) is 0 Å². The van der Waals surface area contributed by atoms with Crippen molar-refractivity contribution < 1.29 is 9.15 Å². The van der Waals surface area contributed by atoms with Crippen molar-refractivity contribution >= 4 is 0 Å². The van der Waals surface area contributed by atoms with Crippen LogP contribution in [0.15, 0.2) is 89.3 Å². The van der Waals surface area contributed by atoms with E-state index in [0.29, 0.717) is 12.3 Å². The summed E-state index contributed by atoms with van der Waals surface area (Å²) in [5.41, 5.74) is 3.90. The van der Waals surface area contributed by atoms with Crippen LogP contribution in [0.3, 0.4) is 0 Å². The number of benzene rings is 3. The van der Waals surface area contributed by atoms with Crippen molar-refractivity contribution in [1.82, 2.24) is 4.98 Å². The molecule has 0 aliphatic heterocycles. The number of hydrogen-bond acceptors (Lipinski definition) is 3. The van der Waals surface area contributed by atoms with Crippen LogP contribution in [0.5, 0.6) is 5.75 Å². The second kappa shape index (κ2) is 7.28. The van der Waals surface area contributed by atoms with Gasteiger partial charge in [0.05, 0.1) is 7.11 Å². The molecule has 0 fully saturated rings. The van der Waals surface area contributed by atoms with Crippen LogP contribution < -0.4 is 4.74 Å². The highest BCUT2D eigenvalue weighted by Gasteiger charge is 2.19. The predicted molar refractivity (Wildman–Crippen MR) is 103 cm³/mol. The number of para-hydroxylation sites is 1. The quantitative estimate of drug-likeness (QED) is 0.473. The summed E-state index contributed by atoms with van der Waals surface area (Å²) in [6.45, 7) is 0. The Morgan fingerprint density at radius 1 is 0.808 bits per heavy atom. The van der Waals surface area contributed by atoms with Crippen molar-refractivity contribution in [3.8, 4) is 28.5 Å². The van der Waals surface area contributed by atoms with E-state index in [1.165, 1.54) is 5.56 Å². The monoisotopic (exact) mass is 341 g/mol. The van der Waals surface area contributed by atoms with Crippen LogP contribution in [0.1, 0.15) is 11.3 Å². The van der Waals surface area contributed by atoms with E-state index >= 15 is 0 Å². The van der Waals surface area contributed by atoms with Gasteiger partial charge in [0.1, 0.15) is 17.2 Å². The molecule has 0 bridgehead atoms. The summed E-state index contributed by atoms with van der Waals surface area (Å²) in [7, 11) is 1.67. The molecule has 0 aliphatic rings. The number of ether oxygens (including phenoxy) is 1. The van der Waals surface area contributed by atoms with Crippen molar-refractivity contribution in [3.05, 3.63) is 96.3 Å². The third kappa shape index (κ3) is 3.24. The fourth-order valence-electron chi connectivity index (χ4n) is 3.01. The SMILES string of the molecule is COc1ccccc1-c1nc(-c2ccccc2)oc1Cc1ccccc1. The maximum absolute atomic E-state index is 6.19. The van der Waals surface area contributed by atoms with Gasteiger partial charge in [-0.3, -0.25) is 0 Å². The largest absolute Gasteiger partial charge is 0.496 e. The maximum atomic E-state index is 6.19. The van der Waals surface area contributed by atoms with E-state index in [1.807, 2.05) is 72.8 Å². The van der Waals surface area contributed by atoms with Crippen LogP contribution in [0.4, 0.5) is 0 Å². The van der Waals surface area contributed by atoms with E-state index in [2.05, 4.69) is 12.1 Å². The van der Waals surface area contributed by atoms with Gasteiger partial charge in [0.15, 0.2) is 0 Å². The Bertz CT molecular complexity index is 991. The zero-order valence-corrected chi connectivity index (χ0v) is 14.6. The number of rotatable bonds is 5. The molecular formula is C23H19NO2. The van der Waals surface area contributed by atoms with Crippen LogP contribution in [-0.4, -0.2) is 12.1 Å². The van der Waals surface area contributed by atoms with E-state index in [4.69, 9.17) is 14.1 Å². The van der Waals surface area contributed by atoms with Crippen LogP contribution in [0.2, 0.25) is 0 Å². The standard InChI is InChI=1S/C23H19NO2/c1-25-20-15-9-8-14-19(20)22-21(16-17-10-4-2-5-11-17)26-23(24-22)18-12-6-3-7-13-18/h2-15H,16H2,1H3. The lowest BCUT2D eigenvalue weighted by Crippen LogP contribution is -1.92. The molecule has 0 unspecified atom stereocenters. The predicted octanol–water partition coefficient (Wildman–Crippen LogP) is 5.61. The van der Waals surface area contributed by atoms with Gasteiger partial charge in [-0.1, -0.05) is 60.7 Å². The van der Waals surface area contributed by atoms with Crippen molar-refractivity contribution in [2.24, 2.45) is 0 Å². The molecule has 3 aromatic carbocycles. The third-order valence-corrected chi connectivity index (χ3v) is 4.29. The Labute approximate surface area is 152 Å². The minimum absolute atomic E-state index is 0.623. The van der Waals surface area contributed by atoms with E-state index in [0.717, 1.165) is 28.3 Å². The first-order valence-corrected chi connectivity index (χ1v) is 8.57. The molecule has 0 aliphatic carbocycles. The van der Waals surface area contributed by atoms with Gasteiger partial charge in [0.25, 0.3) is 0 Å². The van der Waals surface area contributed by atoms with Gasteiger partial charge in [-0.2, -0.15) is 0 Å². The molecule has 128 valence electrons. The molecule has 26 heavy (non-hydrogen) atoms. The average molecular weight is 341 g/mol. The first kappa shape index (κ1) is 16.2. The Balaban J connectivity index is 1.84. The summed E-state index contributed by atoms with van der Waals surface area (Å²) in [6.07, 6.45) is 0.675. The molecule has 1 aromatic heterocycles.